The fourth-order valence-electron chi connectivity index (χ4n) is 1.76. The highest BCUT2D eigenvalue weighted by atomic mass is 16.5. The number of nitriles is 1. The average Bonchev–Trinajstić information content (AvgIpc) is 2.29. The molecule has 1 unspecified atom stereocenters. The first-order valence-corrected chi connectivity index (χ1v) is 5.34. The Bertz CT molecular complexity index is 471. The lowest BCUT2D eigenvalue weighted by molar-refractivity contribution is 0.0879. The van der Waals surface area contributed by atoms with Crippen molar-refractivity contribution in [3.8, 4) is 11.8 Å². The third kappa shape index (κ3) is 1.67. The van der Waals surface area contributed by atoms with Crippen LogP contribution in [0, 0.1) is 17.2 Å². The van der Waals surface area contributed by atoms with Gasteiger partial charge in [-0.25, -0.2) is 0 Å². The molecule has 1 aromatic carbocycles. The number of ether oxygens (including phenoxy) is 1. The maximum Gasteiger partial charge on any atom is 0.187 e. The van der Waals surface area contributed by atoms with Gasteiger partial charge in [-0.05, 0) is 23.6 Å². The first kappa shape index (κ1) is 10.7. The summed E-state index contributed by atoms with van der Waals surface area (Å²) in [4.78, 5) is 11.9. The van der Waals surface area contributed by atoms with Crippen LogP contribution in [0.3, 0.4) is 0 Å². The molecule has 0 aliphatic carbocycles. The summed E-state index contributed by atoms with van der Waals surface area (Å²) in [5, 5.41) is 8.81. The number of carbonyl (C=O) groups excluding carboxylic acids is 1. The monoisotopic (exact) mass is 215 g/mol. The highest BCUT2D eigenvalue weighted by molar-refractivity contribution is 6.02. The molecule has 0 N–H and O–H groups in total. The highest BCUT2D eigenvalue weighted by Gasteiger charge is 2.28. The Morgan fingerprint density at radius 1 is 1.50 bits per heavy atom. The van der Waals surface area contributed by atoms with Crippen LogP contribution in [0.25, 0.3) is 0 Å². The van der Waals surface area contributed by atoms with Crippen molar-refractivity contribution in [2.24, 2.45) is 5.92 Å². The SMILES string of the molecule is CC(C)c1ccc2c(c1)C(=O)C(C#N)CO2. The fraction of sp³-hybridized carbons (Fsp3) is 0.385. The first-order chi connectivity index (χ1) is 7.63. The van der Waals surface area contributed by atoms with Crippen LogP contribution >= 0.6 is 0 Å². The second kappa shape index (κ2) is 3.97. The second-order valence-corrected chi connectivity index (χ2v) is 4.27. The number of ketones is 1. The number of Topliss-reactive ketones (excluding diaryl/α,β-unsaturated/α-hetero) is 1. The summed E-state index contributed by atoms with van der Waals surface area (Å²) in [6.07, 6.45) is 0. The van der Waals surface area contributed by atoms with Gasteiger partial charge in [-0.15, -0.1) is 0 Å². The molecule has 1 aliphatic rings. The molecule has 0 radical (unpaired) electrons. The molecule has 1 atom stereocenters. The second-order valence-electron chi connectivity index (χ2n) is 4.27. The van der Waals surface area contributed by atoms with Gasteiger partial charge < -0.3 is 4.74 Å². The van der Waals surface area contributed by atoms with Gasteiger partial charge >= 0.3 is 0 Å². The Labute approximate surface area is 94.6 Å². The topological polar surface area (TPSA) is 50.1 Å². The van der Waals surface area contributed by atoms with Crippen molar-refractivity contribution in [3.05, 3.63) is 29.3 Å². The van der Waals surface area contributed by atoms with E-state index in [4.69, 9.17) is 10.00 Å². The molecule has 16 heavy (non-hydrogen) atoms. The minimum absolute atomic E-state index is 0.119. The average molecular weight is 215 g/mol. The van der Waals surface area contributed by atoms with Crippen LogP contribution in [0.1, 0.15) is 35.7 Å². The van der Waals surface area contributed by atoms with Crippen LogP contribution in [-0.4, -0.2) is 12.4 Å². The summed E-state index contributed by atoms with van der Waals surface area (Å²) in [6.45, 7) is 4.30. The fourth-order valence-corrected chi connectivity index (χ4v) is 1.76. The van der Waals surface area contributed by atoms with Crippen molar-refractivity contribution < 1.29 is 9.53 Å². The maximum absolute atomic E-state index is 11.9. The predicted octanol–water partition coefficient (Wildman–Crippen LogP) is 2.52. The number of hydrogen-bond acceptors (Lipinski definition) is 3. The van der Waals surface area contributed by atoms with Crippen LogP contribution in [0.2, 0.25) is 0 Å². The van der Waals surface area contributed by atoms with E-state index >= 15 is 0 Å². The summed E-state index contributed by atoms with van der Waals surface area (Å²) in [7, 11) is 0. The van der Waals surface area contributed by atoms with E-state index in [9.17, 15) is 4.79 Å². The molecule has 0 aromatic heterocycles. The first-order valence-electron chi connectivity index (χ1n) is 5.34. The van der Waals surface area contributed by atoms with Crippen LogP contribution in [0.15, 0.2) is 18.2 Å². The Hall–Kier alpha value is -1.82. The van der Waals surface area contributed by atoms with Crippen molar-refractivity contribution in [1.29, 1.82) is 5.26 Å². The summed E-state index contributed by atoms with van der Waals surface area (Å²) < 4.78 is 5.39. The van der Waals surface area contributed by atoms with E-state index in [0.29, 0.717) is 17.2 Å². The Balaban J connectivity index is 2.45. The van der Waals surface area contributed by atoms with E-state index < -0.39 is 5.92 Å². The van der Waals surface area contributed by atoms with Crippen molar-refractivity contribution in [2.45, 2.75) is 19.8 Å². The predicted molar refractivity (Wildman–Crippen MR) is 59.5 cm³/mol. The molecular weight excluding hydrogens is 202 g/mol. The van der Waals surface area contributed by atoms with Crippen molar-refractivity contribution in [1.82, 2.24) is 0 Å². The van der Waals surface area contributed by atoms with Crippen LogP contribution in [0.4, 0.5) is 0 Å². The van der Waals surface area contributed by atoms with Gasteiger partial charge in [-0.2, -0.15) is 5.26 Å². The quantitative estimate of drug-likeness (QED) is 0.723. The molecule has 2 rings (SSSR count). The standard InChI is InChI=1S/C13H13NO2/c1-8(2)9-3-4-12-11(5-9)13(15)10(6-14)7-16-12/h3-5,8,10H,7H2,1-2H3. The molecule has 82 valence electrons. The third-order valence-corrected chi connectivity index (χ3v) is 2.81. The zero-order chi connectivity index (χ0) is 11.7. The summed E-state index contributed by atoms with van der Waals surface area (Å²) in [5.74, 6) is 0.183. The lowest BCUT2D eigenvalue weighted by Gasteiger charge is -2.21. The molecule has 1 heterocycles. The van der Waals surface area contributed by atoms with Gasteiger partial charge in [0, 0.05) is 0 Å². The van der Waals surface area contributed by atoms with Gasteiger partial charge in [-0.1, -0.05) is 19.9 Å². The molecule has 0 amide bonds. The molecule has 0 bridgehead atoms. The number of rotatable bonds is 1. The van der Waals surface area contributed by atoms with E-state index in [2.05, 4.69) is 13.8 Å². The Morgan fingerprint density at radius 2 is 2.25 bits per heavy atom. The van der Waals surface area contributed by atoms with Gasteiger partial charge in [-0.3, -0.25) is 4.79 Å². The molecule has 0 saturated heterocycles. The normalized spacial score (nSPS) is 18.9. The summed E-state index contributed by atoms with van der Waals surface area (Å²) in [5.41, 5.74) is 1.64. The molecule has 1 aliphatic heterocycles. The summed E-state index contributed by atoms with van der Waals surface area (Å²) >= 11 is 0. The minimum atomic E-state index is -0.657. The number of nitrogens with zero attached hydrogens (tertiary/aromatic N) is 1. The van der Waals surface area contributed by atoms with Crippen molar-refractivity contribution in [3.63, 3.8) is 0 Å². The number of hydrogen-bond donors (Lipinski definition) is 0. The minimum Gasteiger partial charge on any atom is -0.491 e. The van der Waals surface area contributed by atoms with Gasteiger partial charge in [0.2, 0.25) is 0 Å². The molecule has 0 spiro atoms. The third-order valence-electron chi connectivity index (χ3n) is 2.81. The zero-order valence-corrected chi connectivity index (χ0v) is 9.36. The number of fused-ring (bicyclic) bond motifs is 1. The molecule has 3 heteroatoms. The van der Waals surface area contributed by atoms with Gasteiger partial charge in [0.05, 0.1) is 11.6 Å². The van der Waals surface area contributed by atoms with Crippen molar-refractivity contribution in [2.75, 3.05) is 6.61 Å². The highest BCUT2D eigenvalue weighted by Crippen LogP contribution is 2.30. The Morgan fingerprint density at radius 3 is 2.88 bits per heavy atom. The van der Waals surface area contributed by atoms with Gasteiger partial charge in [0.1, 0.15) is 18.3 Å². The lowest BCUT2D eigenvalue weighted by Crippen LogP contribution is -2.26. The van der Waals surface area contributed by atoms with Crippen molar-refractivity contribution >= 4 is 5.78 Å². The zero-order valence-electron chi connectivity index (χ0n) is 9.36. The Kier molecular flexibility index (Phi) is 2.66. The number of carbonyl (C=O) groups is 1. The molecule has 1 aromatic rings. The number of benzene rings is 1. The van der Waals surface area contributed by atoms with E-state index in [0.717, 1.165) is 5.56 Å². The van der Waals surface area contributed by atoms with E-state index in [1.54, 1.807) is 0 Å². The molecule has 0 saturated carbocycles. The van der Waals surface area contributed by atoms with Crippen LogP contribution in [0.5, 0.6) is 5.75 Å². The lowest BCUT2D eigenvalue weighted by atomic mass is 9.92. The van der Waals surface area contributed by atoms with Gasteiger partial charge in [0.15, 0.2) is 5.78 Å². The van der Waals surface area contributed by atoms with E-state index in [-0.39, 0.29) is 12.4 Å². The van der Waals surface area contributed by atoms with Crippen LogP contribution in [-0.2, 0) is 0 Å². The van der Waals surface area contributed by atoms with Gasteiger partial charge in [0.25, 0.3) is 0 Å². The molecule has 3 nitrogen and oxygen atoms in total. The smallest absolute Gasteiger partial charge is 0.187 e. The maximum atomic E-state index is 11.9. The molecular formula is C13H13NO2. The van der Waals surface area contributed by atoms with Crippen LogP contribution < -0.4 is 4.74 Å². The van der Waals surface area contributed by atoms with E-state index in [1.807, 2.05) is 24.3 Å². The largest absolute Gasteiger partial charge is 0.491 e. The summed E-state index contributed by atoms with van der Waals surface area (Å²) in [6, 6.07) is 7.59. The molecule has 0 fully saturated rings. The van der Waals surface area contributed by atoms with E-state index in [1.165, 1.54) is 0 Å².